The second-order valence-corrected chi connectivity index (χ2v) is 7.20. The largest absolute Gasteiger partial charge is 0.496 e. The summed E-state index contributed by atoms with van der Waals surface area (Å²) in [7, 11) is 6.53. The van der Waals surface area contributed by atoms with Crippen molar-refractivity contribution < 1.29 is 23.7 Å². The third-order valence-corrected chi connectivity index (χ3v) is 5.41. The van der Waals surface area contributed by atoms with Gasteiger partial charge in [0.2, 0.25) is 5.91 Å². The van der Waals surface area contributed by atoms with E-state index in [1.807, 2.05) is 24.3 Å². The minimum absolute atomic E-state index is 0.0664. The number of ether oxygens (including phenoxy) is 4. The molecule has 7 nitrogen and oxygen atoms in total. The first-order chi connectivity index (χ1) is 14.6. The quantitative estimate of drug-likeness (QED) is 0.677. The lowest BCUT2D eigenvalue weighted by Gasteiger charge is -2.18. The molecule has 0 aromatic heterocycles. The lowest BCUT2D eigenvalue weighted by atomic mass is 10.1. The van der Waals surface area contributed by atoms with Crippen LogP contribution in [0.15, 0.2) is 36.4 Å². The number of benzene rings is 2. The molecule has 1 saturated heterocycles. The summed E-state index contributed by atoms with van der Waals surface area (Å²) in [5.41, 5.74) is 2.76. The normalized spacial score (nSPS) is 15.7. The summed E-state index contributed by atoms with van der Waals surface area (Å²) in [6.45, 7) is 1.88. The van der Waals surface area contributed by atoms with Gasteiger partial charge in [-0.25, -0.2) is 0 Å². The van der Waals surface area contributed by atoms with Gasteiger partial charge in [-0.05, 0) is 37.1 Å². The summed E-state index contributed by atoms with van der Waals surface area (Å²) in [5.74, 6) is 1.86. The number of hydrogen-bond acceptors (Lipinski definition) is 6. The molecule has 0 radical (unpaired) electrons. The Kier molecular flexibility index (Phi) is 7.41. The Morgan fingerprint density at radius 3 is 2.23 bits per heavy atom. The van der Waals surface area contributed by atoms with Gasteiger partial charge in [0.1, 0.15) is 17.2 Å². The number of nitrogens with zero attached hydrogens (tertiary/aromatic N) is 1. The van der Waals surface area contributed by atoms with Gasteiger partial charge in [-0.15, -0.1) is 0 Å². The average Bonchev–Trinajstić information content (AvgIpc) is 3.27. The van der Waals surface area contributed by atoms with E-state index in [9.17, 15) is 4.79 Å². The van der Waals surface area contributed by atoms with Crippen LogP contribution in [-0.2, 0) is 16.0 Å². The first kappa shape index (κ1) is 21.8. The van der Waals surface area contributed by atoms with Crippen LogP contribution in [0.4, 0.5) is 11.4 Å². The first-order valence-corrected chi connectivity index (χ1v) is 10.0. The number of nitrogens with one attached hydrogen (secondary N) is 1. The van der Waals surface area contributed by atoms with Crippen molar-refractivity contribution in [1.82, 2.24) is 0 Å². The summed E-state index contributed by atoms with van der Waals surface area (Å²) >= 11 is 0. The standard InChI is InChI=1S/C23H30N2O5/c1-27-18-11-12-25(15-18)17-7-5-16(6-8-17)24-23(26)10-9-20-21(29-3)13-19(28-2)14-22(20)30-4/h5-8,13-14,18H,9-12,15H2,1-4H3,(H,24,26). The molecule has 1 N–H and O–H groups in total. The maximum Gasteiger partial charge on any atom is 0.224 e. The third kappa shape index (κ3) is 5.16. The van der Waals surface area contributed by atoms with Gasteiger partial charge in [-0.3, -0.25) is 4.79 Å². The van der Waals surface area contributed by atoms with E-state index < -0.39 is 0 Å². The van der Waals surface area contributed by atoms with Crippen LogP contribution in [-0.4, -0.2) is 53.5 Å². The minimum Gasteiger partial charge on any atom is -0.496 e. The smallest absolute Gasteiger partial charge is 0.224 e. The monoisotopic (exact) mass is 414 g/mol. The molecule has 1 heterocycles. The number of carbonyl (C=O) groups is 1. The van der Waals surface area contributed by atoms with Crippen molar-refractivity contribution in [2.45, 2.75) is 25.4 Å². The van der Waals surface area contributed by atoms with Crippen LogP contribution >= 0.6 is 0 Å². The van der Waals surface area contributed by atoms with Gasteiger partial charge in [0.05, 0.1) is 27.4 Å². The van der Waals surface area contributed by atoms with Crippen molar-refractivity contribution in [1.29, 1.82) is 0 Å². The number of rotatable bonds is 9. The van der Waals surface area contributed by atoms with Crippen molar-refractivity contribution in [3.63, 3.8) is 0 Å². The highest BCUT2D eigenvalue weighted by molar-refractivity contribution is 5.91. The van der Waals surface area contributed by atoms with E-state index in [2.05, 4.69) is 10.2 Å². The molecule has 0 aliphatic carbocycles. The van der Waals surface area contributed by atoms with E-state index in [1.54, 1.807) is 40.6 Å². The Bertz CT molecular complexity index is 828. The molecule has 30 heavy (non-hydrogen) atoms. The highest BCUT2D eigenvalue weighted by atomic mass is 16.5. The van der Waals surface area contributed by atoms with Gasteiger partial charge >= 0.3 is 0 Å². The highest BCUT2D eigenvalue weighted by Gasteiger charge is 2.22. The van der Waals surface area contributed by atoms with E-state index in [0.717, 1.165) is 36.4 Å². The van der Waals surface area contributed by atoms with Crippen LogP contribution < -0.4 is 24.4 Å². The van der Waals surface area contributed by atoms with Gasteiger partial charge in [0.25, 0.3) is 0 Å². The summed E-state index contributed by atoms with van der Waals surface area (Å²) in [6, 6.07) is 11.5. The molecule has 1 fully saturated rings. The van der Waals surface area contributed by atoms with Gasteiger partial charge in [-0.1, -0.05) is 0 Å². The van der Waals surface area contributed by atoms with Crippen molar-refractivity contribution >= 4 is 17.3 Å². The van der Waals surface area contributed by atoms with Gasteiger partial charge < -0.3 is 29.2 Å². The Labute approximate surface area is 177 Å². The van der Waals surface area contributed by atoms with Gasteiger partial charge in [-0.2, -0.15) is 0 Å². The van der Waals surface area contributed by atoms with E-state index in [4.69, 9.17) is 18.9 Å². The summed E-state index contributed by atoms with van der Waals surface area (Å²) < 4.78 is 21.6. The molecule has 2 aromatic rings. The molecule has 1 amide bonds. The van der Waals surface area contributed by atoms with E-state index in [0.29, 0.717) is 30.1 Å². The maximum absolute atomic E-state index is 12.5. The van der Waals surface area contributed by atoms with E-state index >= 15 is 0 Å². The molecular weight excluding hydrogens is 384 g/mol. The van der Waals surface area contributed by atoms with Crippen LogP contribution in [0.3, 0.4) is 0 Å². The first-order valence-electron chi connectivity index (χ1n) is 10.0. The molecule has 0 spiro atoms. The predicted octanol–water partition coefficient (Wildman–Crippen LogP) is 3.51. The van der Waals surface area contributed by atoms with Crippen LogP contribution in [0.1, 0.15) is 18.4 Å². The predicted molar refractivity (Wildman–Crippen MR) is 117 cm³/mol. The Balaban J connectivity index is 1.59. The Hall–Kier alpha value is -2.93. The molecule has 0 bridgehead atoms. The van der Waals surface area contributed by atoms with Crippen molar-refractivity contribution in [3.8, 4) is 17.2 Å². The highest BCUT2D eigenvalue weighted by Crippen LogP contribution is 2.35. The zero-order valence-corrected chi connectivity index (χ0v) is 18.1. The molecular formula is C23H30N2O5. The minimum atomic E-state index is -0.0664. The van der Waals surface area contributed by atoms with Crippen LogP contribution in [0.5, 0.6) is 17.2 Å². The van der Waals surface area contributed by atoms with Crippen molar-refractivity contribution in [3.05, 3.63) is 42.0 Å². The topological polar surface area (TPSA) is 69.3 Å². The molecule has 0 saturated carbocycles. The van der Waals surface area contributed by atoms with Crippen LogP contribution in [0.25, 0.3) is 0 Å². The van der Waals surface area contributed by atoms with Crippen molar-refractivity contribution in [2.75, 3.05) is 51.7 Å². The van der Waals surface area contributed by atoms with Gasteiger partial charge in [0.15, 0.2) is 0 Å². The molecule has 1 unspecified atom stereocenters. The fourth-order valence-corrected chi connectivity index (χ4v) is 3.70. The van der Waals surface area contributed by atoms with Crippen LogP contribution in [0, 0.1) is 0 Å². The molecule has 1 atom stereocenters. The summed E-state index contributed by atoms with van der Waals surface area (Å²) in [4.78, 5) is 14.8. The van der Waals surface area contributed by atoms with E-state index in [1.165, 1.54) is 0 Å². The lowest BCUT2D eigenvalue weighted by Crippen LogP contribution is -2.22. The molecule has 1 aliphatic rings. The molecule has 7 heteroatoms. The van der Waals surface area contributed by atoms with Crippen molar-refractivity contribution in [2.24, 2.45) is 0 Å². The molecule has 162 valence electrons. The summed E-state index contributed by atoms with van der Waals surface area (Å²) in [5, 5.41) is 2.96. The number of carbonyl (C=O) groups excluding carboxylic acids is 1. The summed E-state index contributed by atoms with van der Waals surface area (Å²) in [6.07, 6.45) is 2.12. The average molecular weight is 415 g/mol. The van der Waals surface area contributed by atoms with E-state index in [-0.39, 0.29) is 12.0 Å². The van der Waals surface area contributed by atoms with Crippen LogP contribution in [0.2, 0.25) is 0 Å². The molecule has 2 aromatic carbocycles. The molecule has 1 aliphatic heterocycles. The van der Waals surface area contributed by atoms with Gasteiger partial charge in [0, 0.05) is 55.7 Å². The zero-order valence-electron chi connectivity index (χ0n) is 18.1. The number of methoxy groups -OCH3 is 4. The Morgan fingerprint density at radius 1 is 1.03 bits per heavy atom. The number of amides is 1. The lowest BCUT2D eigenvalue weighted by molar-refractivity contribution is -0.116. The molecule has 3 rings (SSSR count). The number of anilines is 2. The maximum atomic E-state index is 12.5. The fourth-order valence-electron chi connectivity index (χ4n) is 3.70. The SMILES string of the molecule is COc1cc(OC)c(CCC(=O)Nc2ccc(N3CCC(OC)C3)cc2)c(OC)c1. The second kappa shape index (κ2) is 10.2. The zero-order chi connectivity index (χ0) is 21.5. The Morgan fingerprint density at radius 2 is 1.70 bits per heavy atom. The second-order valence-electron chi connectivity index (χ2n) is 7.20. The third-order valence-electron chi connectivity index (χ3n) is 5.41. The number of hydrogen-bond donors (Lipinski definition) is 1. The fraction of sp³-hybridized carbons (Fsp3) is 0.435.